The highest BCUT2D eigenvalue weighted by molar-refractivity contribution is 5.74. The number of nitrogens with one attached hydrogen (secondary N) is 1. The van der Waals surface area contributed by atoms with Crippen LogP contribution in [0.5, 0.6) is 0 Å². The molecule has 2 heterocycles. The number of fused-ring (bicyclic) bond motifs is 1. The summed E-state index contributed by atoms with van der Waals surface area (Å²) in [4.78, 5) is 10.8. The molecule has 0 bridgehead atoms. The molecule has 0 spiro atoms. The van der Waals surface area contributed by atoms with Crippen LogP contribution in [0.2, 0.25) is 0 Å². The van der Waals surface area contributed by atoms with E-state index in [-0.39, 0.29) is 6.61 Å². The number of hydrogen-bond donors (Lipinski definition) is 2. The van der Waals surface area contributed by atoms with Crippen molar-refractivity contribution in [2.24, 2.45) is 0 Å². The van der Waals surface area contributed by atoms with Crippen molar-refractivity contribution in [1.82, 2.24) is 14.9 Å². The van der Waals surface area contributed by atoms with Gasteiger partial charge in [-0.1, -0.05) is 36.4 Å². The zero-order valence-electron chi connectivity index (χ0n) is 13.8. The molecule has 1 aliphatic heterocycles. The molecule has 2 aromatic carbocycles. The lowest BCUT2D eigenvalue weighted by molar-refractivity contribution is 0.202. The van der Waals surface area contributed by atoms with E-state index < -0.39 is 0 Å². The van der Waals surface area contributed by atoms with Crippen LogP contribution in [0.25, 0.3) is 11.0 Å². The monoisotopic (exact) mass is 321 g/mol. The maximum Gasteiger partial charge on any atom is 0.110 e. The van der Waals surface area contributed by atoms with Gasteiger partial charge in [0.2, 0.25) is 0 Å². The number of aliphatic hydroxyl groups excluding tert-OH is 1. The number of hydrogen-bond acceptors (Lipinski definition) is 3. The van der Waals surface area contributed by atoms with E-state index in [0.717, 1.165) is 54.9 Å². The van der Waals surface area contributed by atoms with Crippen molar-refractivity contribution in [3.8, 4) is 0 Å². The zero-order valence-corrected chi connectivity index (χ0v) is 13.8. The molecule has 0 unspecified atom stereocenters. The average Bonchev–Trinajstić information content (AvgIpc) is 3.07. The quantitative estimate of drug-likeness (QED) is 0.774. The van der Waals surface area contributed by atoms with Crippen molar-refractivity contribution in [3.05, 3.63) is 65.5 Å². The van der Waals surface area contributed by atoms with Gasteiger partial charge in [-0.2, -0.15) is 0 Å². The van der Waals surface area contributed by atoms with Crippen LogP contribution < -0.4 is 0 Å². The normalized spacial score (nSPS) is 16.7. The van der Waals surface area contributed by atoms with E-state index in [1.165, 1.54) is 5.56 Å². The molecular weight excluding hydrogens is 298 g/mol. The Morgan fingerprint density at radius 3 is 2.42 bits per heavy atom. The summed E-state index contributed by atoms with van der Waals surface area (Å²) in [7, 11) is 0. The summed E-state index contributed by atoms with van der Waals surface area (Å²) < 4.78 is 0. The fraction of sp³-hybridized carbons (Fsp3) is 0.350. The van der Waals surface area contributed by atoms with Gasteiger partial charge in [0.15, 0.2) is 0 Å². The first kappa shape index (κ1) is 15.4. The average molecular weight is 321 g/mol. The molecule has 4 rings (SSSR count). The predicted molar refractivity (Wildman–Crippen MR) is 95.7 cm³/mol. The number of piperidine rings is 1. The molecule has 1 fully saturated rings. The van der Waals surface area contributed by atoms with Crippen molar-refractivity contribution in [3.63, 3.8) is 0 Å². The SMILES string of the molecule is OCc1ccc(CN2CCC(c3nc4ccccc4[nH]3)CC2)cc1. The largest absolute Gasteiger partial charge is 0.392 e. The Morgan fingerprint density at radius 2 is 1.71 bits per heavy atom. The number of para-hydroxylation sites is 2. The third kappa shape index (κ3) is 3.21. The van der Waals surface area contributed by atoms with Crippen molar-refractivity contribution in [2.45, 2.75) is 31.9 Å². The Morgan fingerprint density at radius 1 is 1.00 bits per heavy atom. The highest BCUT2D eigenvalue weighted by Gasteiger charge is 2.23. The number of rotatable bonds is 4. The number of aliphatic hydroxyl groups is 1. The van der Waals surface area contributed by atoms with E-state index in [1.54, 1.807) is 0 Å². The Labute approximate surface area is 142 Å². The minimum absolute atomic E-state index is 0.114. The third-order valence-corrected chi connectivity index (χ3v) is 4.99. The molecule has 0 aliphatic carbocycles. The fourth-order valence-corrected chi connectivity index (χ4v) is 3.54. The topological polar surface area (TPSA) is 52.1 Å². The van der Waals surface area contributed by atoms with Crippen molar-refractivity contribution in [1.29, 1.82) is 0 Å². The van der Waals surface area contributed by atoms with Gasteiger partial charge in [-0.05, 0) is 49.2 Å². The van der Waals surface area contributed by atoms with E-state index >= 15 is 0 Å². The molecule has 1 saturated heterocycles. The first-order valence-electron chi connectivity index (χ1n) is 8.67. The number of nitrogens with zero attached hydrogens (tertiary/aromatic N) is 2. The molecule has 4 heteroatoms. The van der Waals surface area contributed by atoms with E-state index in [9.17, 15) is 0 Å². The Balaban J connectivity index is 1.37. The number of benzene rings is 2. The van der Waals surface area contributed by atoms with E-state index in [0.29, 0.717) is 5.92 Å². The van der Waals surface area contributed by atoms with Gasteiger partial charge in [-0.15, -0.1) is 0 Å². The van der Waals surface area contributed by atoms with Crippen LogP contribution in [0.15, 0.2) is 48.5 Å². The van der Waals surface area contributed by atoms with Gasteiger partial charge in [0, 0.05) is 12.5 Å². The van der Waals surface area contributed by atoms with Crippen molar-refractivity contribution in [2.75, 3.05) is 13.1 Å². The summed E-state index contributed by atoms with van der Waals surface area (Å²) in [5, 5.41) is 9.12. The van der Waals surface area contributed by atoms with Crippen molar-refractivity contribution < 1.29 is 5.11 Å². The summed E-state index contributed by atoms with van der Waals surface area (Å²) in [6.45, 7) is 3.30. The van der Waals surface area contributed by atoms with Gasteiger partial charge in [0.25, 0.3) is 0 Å². The van der Waals surface area contributed by atoms with E-state index in [4.69, 9.17) is 10.1 Å². The van der Waals surface area contributed by atoms with E-state index in [1.807, 2.05) is 18.2 Å². The Kier molecular flexibility index (Phi) is 4.32. The number of aromatic amines is 1. The second kappa shape index (κ2) is 6.75. The first-order valence-corrected chi connectivity index (χ1v) is 8.67. The summed E-state index contributed by atoms with van der Waals surface area (Å²) >= 11 is 0. The van der Waals surface area contributed by atoms with Crippen LogP contribution in [0.4, 0.5) is 0 Å². The van der Waals surface area contributed by atoms with Gasteiger partial charge in [0.05, 0.1) is 17.6 Å². The minimum atomic E-state index is 0.114. The zero-order chi connectivity index (χ0) is 16.4. The molecule has 2 N–H and O–H groups in total. The molecule has 0 saturated carbocycles. The number of imidazole rings is 1. The van der Waals surface area contributed by atoms with Gasteiger partial charge in [-0.3, -0.25) is 4.90 Å². The fourth-order valence-electron chi connectivity index (χ4n) is 3.54. The standard InChI is InChI=1S/C20H23N3O/c24-14-16-7-5-15(6-8-16)13-23-11-9-17(10-12-23)20-21-18-3-1-2-4-19(18)22-20/h1-8,17,24H,9-14H2,(H,21,22). The summed E-state index contributed by atoms with van der Waals surface area (Å²) in [6, 6.07) is 16.5. The second-order valence-electron chi connectivity index (χ2n) is 6.66. The molecule has 3 aromatic rings. The lowest BCUT2D eigenvalue weighted by atomic mass is 9.96. The molecule has 0 amide bonds. The first-order chi connectivity index (χ1) is 11.8. The summed E-state index contributed by atoms with van der Waals surface area (Å²) in [5.41, 5.74) is 4.49. The van der Waals surface area contributed by atoms with Crippen LogP contribution in [0, 0.1) is 0 Å². The van der Waals surface area contributed by atoms with Gasteiger partial charge in [0.1, 0.15) is 5.82 Å². The Hall–Kier alpha value is -2.17. The maximum absolute atomic E-state index is 9.12. The van der Waals surface area contributed by atoms with Gasteiger partial charge < -0.3 is 10.1 Å². The summed E-state index contributed by atoms with van der Waals surface area (Å²) in [5.74, 6) is 1.67. The van der Waals surface area contributed by atoms with E-state index in [2.05, 4.69) is 40.2 Å². The number of H-pyrrole nitrogens is 1. The molecule has 1 aliphatic rings. The smallest absolute Gasteiger partial charge is 0.110 e. The second-order valence-corrected chi connectivity index (χ2v) is 6.66. The molecule has 24 heavy (non-hydrogen) atoms. The predicted octanol–water partition coefficient (Wildman–Crippen LogP) is 3.43. The molecule has 0 atom stereocenters. The third-order valence-electron chi connectivity index (χ3n) is 4.99. The van der Waals surface area contributed by atoms with Crippen LogP contribution in [0.3, 0.4) is 0 Å². The molecule has 4 nitrogen and oxygen atoms in total. The molecule has 124 valence electrons. The lowest BCUT2D eigenvalue weighted by Gasteiger charge is -2.31. The molecular formula is C20H23N3O. The van der Waals surface area contributed by atoms with Crippen LogP contribution in [-0.2, 0) is 13.2 Å². The van der Waals surface area contributed by atoms with Gasteiger partial charge >= 0.3 is 0 Å². The lowest BCUT2D eigenvalue weighted by Crippen LogP contribution is -2.32. The summed E-state index contributed by atoms with van der Waals surface area (Å²) in [6.07, 6.45) is 2.29. The van der Waals surface area contributed by atoms with Gasteiger partial charge in [-0.25, -0.2) is 4.98 Å². The maximum atomic E-state index is 9.12. The molecule has 1 aromatic heterocycles. The minimum Gasteiger partial charge on any atom is -0.392 e. The number of likely N-dealkylation sites (tertiary alicyclic amines) is 1. The van der Waals surface area contributed by atoms with Crippen LogP contribution in [0.1, 0.15) is 35.7 Å². The van der Waals surface area contributed by atoms with Crippen LogP contribution in [-0.4, -0.2) is 33.1 Å². The Bertz CT molecular complexity index is 768. The highest BCUT2D eigenvalue weighted by Crippen LogP contribution is 2.28. The molecule has 0 radical (unpaired) electrons. The van der Waals surface area contributed by atoms with Crippen LogP contribution >= 0.6 is 0 Å². The van der Waals surface area contributed by atoms with Crippen molar-refractivity contribution >= 4 is 11.0 Å². The number of aromatic nitrogens is 2. The highest BCUT2D eigenvalue weighted by atomic mass is 16.3.